The van der Waals surface area contributed by atoms with Crippen LogP contribution < -0.4 is 16.2 Å². The molecule has 0 aliphatic carbocycles. The Morgan fingerprint density at radius 3 is 2.71 bits per heavy atom. The van der Waals surface area contributed by atoms with Crippen molar-refractivity contribution in [3.05, 3.63) is 53.5 Å². The van der Waals surface area contributed by atoms with Gasteiger partial charge in [0.1, 0.15) is 17.7 Å². The summed E-state index contributed by atoms with van der Waals surface area (Å²) in [5.74, 6) is 1.82. The van der Waals surface area contributed by atoms with Gasteiger partial charge in [0, 0.05) is 55.8 Å². The molecule has 0 aromatic carbocycles. The van der Waals surface area contributed by atoms with E-state index in [0.29, 0.717) is 29.6 Å². The molecule has 31 heavy (non-hydrogen) atoms. The van der Waals surface area contributed by atoms with Gasteiger partial charge in [-0.1, -0.05) is 6.07 Å². The second-order valence-electron chi connectivity index (χ2n) is 8.06. The molecule has 0 radical (unpaired) electrons. The van der Waals surface area contributed by atoms with Crippen LogP contribution >= 0.6 is 0 Å². The zero-order valence-corrected chi connectivity index (χ0v) is 17.8. The number of rotatable bonds is 6. The molecule has 3 N–H and O–H groups in total. The summed E-state index contributed by atoms with van der Waals surface area (Å²) in [4.78, 5) is 34.7. The van der Waals surface area contributed by atoms with Gasteiger partial charge < -0.3 is 15.4 Å². The summed E-state index contributed by atoms with van der Waals surface area (Å²) >= 11 is 0. The lowest BCUT2D eigenvalue weighted by Gasteiger charge is -2.27. The molecule has 1 aliphatic rings. The third kappa shape index (κ3) is 6.22. The van der Waals surface area contributed by atoms with E-state index >= 15 is 0 Å². The molecule has 164 valence electrons. The van der Waals surface area contributed by atoms with Gasteiger partial charge >= 0.3 is 0 Å². The van der Waals surface area contributed by atoms with Crippen LogP contribution in [0.5, 0.6) is 0 Å². The van der Waals surface area contributed by atoms with Gasteiger partial charge in [-0.2, -0.15) is 0 Å². The fourth-order valence-electron chi connectivity index (χ4n) is 2.72. The molecule has 0 atom stereocenters. The summed E-state index contributed by atoms with van der Waals surface area (Å²) in [7, 11) is 0. The molecule has 4 rings (SSSR count). The molecule has 0 unspecified atom stereocenters. The average Bonchev–Trinajstić information content (AvgIpc) is 3.09. The Bertz CT molecular complexity index is 1040. The second kappa shape index (κ2) is 9.98. The van der Waals surface area contributed by atoms with Crippen molar-refractivity contribution in [3.63, 3.8) is 0 Å². The molecule has 4 heterocycles. The summed E-state index contributed by atoms with van der Waals surface area (Å²) in [5.41, 5.74) is 0.830. The third-order valence-corrected chi connectivity index (χ3v) is 4.47. The topological polar surface area (TPSA) is 127 Å². The van der Waals surface area contributed by atoms with Crippen LogP contribution in [0.15, 0.2) is 47.9 Å². The molecule has 3 aromatic rings. The minimum atomic E-state index is -0.318. The molecular weight excluding hydrogens is 398 g/mol. The van der Waals surface area contributed by atoms with E-state index in [-0.39, 0.29) is 11.2 Å². The van der Waals surface area contributed by atoms with Gasteiger partial charge in [-0.15, -0.1) is 0 Å². The zero-order valence-electron chi connectivity index (χ0n) is 17.8. The van der Waals surface area contributed by atoms with Crippen LogP contribution in [0.4, 0.5) is 5.82 Å². The molecule has 0 bridgehead atoms. The number of anilines is 1. The number of ether oxygens (including phenoxy) is 1. The van der Waals surface area contributed by atoms with Crippen molar-refractivity contribution in [1.29, 1.82) is 0 Å². The van der Waals surface area contributed by atoms with Crippen molar-refractivity contribution in [1.82, 2.24) is 30.0 Å². The number of aromatic amines is 1. The van der Waals surface area contributed by atoms with Gasteiger partial charge in [-0.25, -0.2) is 14.6 Å². The van der Waals surface area contributed by atoms with E-state index in [1.807, 2.05) is 26.8 Å². The highest BCUT2D eigenvalue weighted by molar-refractivity contribution is 5.60. The number of nitrogens with zero attached hydrogens (tertiary/aromatic N) is 4. The second-order valence-corrected chi connectivity index (χ2v) is 8.06. The van der Waals surface area contributed by atoms with Crippen molar-refractivity contribution in [2.24, 2.45) is 5.92 Å². The largest absolute Gasteiger partial charge is 0.462 e. The number of hydrogen-bond donors (Lipinski definition) is 3. The van der Waals surface area contributed by atoms with Crippen LogP contribution in [-0.2, 0) is 9.53 Å². The highest BCUT2D eigenvalue weighted by Gasteiger charge is 2.16. The first-order chi connectivity index (χ1) is 14.9. The average molecular weight is 425 g/mol. The highest BCUT2D eigenvalue weighted by Crippen LogP contribution is 2.14. The van der Waals surface area contributed by atoms with Crippen molar-refractivity contribution < 1.29 is 9.53 Å². The first kappa shape index (κ1) is 22.2. The molecule has 10 nitrogen and oxygen atoms in total. The Balaban J connectivity index is 0.000000339. The van der Waals surface area contributed by atoms with Crippen LogP contribution in [0.3, 0.4) is 0 Å². The quantitative estimate of drug-likeness (QED) is 0.509. The normalized spacial score (nSPS) is 13.5. The molecule has 1 saturated heterocycles. The maximum absolute atomic E-state index is 12.6. The lowest BCUT2D eigenvalue weighted by atomic mass is 10.0. The lowest BCUT2D eigenvalue weighted by molar-refractivity contribution is -0.138. The number of carbonyl (C=O) groups excluding carboxylic acids is 1. The molecule has 0 saturated carbocycles. The predicted molar refractivity (Wildman–Crippen MR) is 117 cm³/mol. The van der Waals surface area contributed by atoms with E-state index in [0.717, 1.165) is 25.2 Å². The molecule has 0 amide bonds. The smallest absolute Gasteiger partial charge is 0.293 e. The maximum Gasteiger partial charge on any atom is 0.293 e. The molecule has 3 aromatic heterocycles. The van der Waals surface area contributed by atoms with Crippen molar-refractivity contribution >= 4 is 12.3 Å². The van der Waals surface area contributed by atoms with E-state index in [2.05, 4.69) is 35.4 Å². The number of pyridine rings is 1. The summed E-state index contributed by atoms with van der Waals surface area (Å²) in [5, 5.41) is 9.47. The molecule has 1 aliphatic heterocycles. The van der Waals surface area contributed by atoms with Crippen molar-refractivity contribution in [3.8, 4) is 16.9 Å². The monoisotopic (exact) mass is 425 g/mol. The van der Waals surface area contributed by atoms with Crippen LogP contribution in [0.25, 0.3) is 16.9 Å². The van der Waals surface area contributed by atoms with E-state index < -0.39 is 0 Å². The summed E-state index contributed by atoms with van der Waals surface area (Å²) in [6, 6.07) is 5.41. The lowest BCUT2D eigenvalue weighted by Crippen LogP contribution is -2.45. The molecular formula is C21H27N7O3. The first-order valence-corrected chi connectivity index (χ1v) is 9.96. The molecule has 0 spiro atoms. The van der Waals surface area contributed by atoms with Crippen LogP contribution in [0.2, 0.25) is 0 Å². The molecule has 10 heteroatoms. The third-order valence-electron chi connectivity index (χ3n) is 4.47. The van der Waals surface area contributed by atoms with Crippen LogP contribution in [-0.4, -0.2) is 56.4 Å². The van der Waals surface area contributed by atoms with Gasteiger partial charge in [-0.3, -0.25) is 19.7 Å². The maximum atomic E-state index is 12.6. The fourth-order valence-corrected chi connectivity index (χ4v) is 2.72. The Labute approximate surface area is 180 Å². The van der Waals surface area contributed by atoms with Crippen LogP contribution in [0.1, 0.15) is 20.8 Å². The van der Waals surface area contributed by atoms with Gasteiger partial charge in [0.2, 0.25) is 0 Å². The van der Waals surface area contributed by atoms with Crippen LogP contribution in [0, 0.1) is 5.92 Å². The fraction of sp³-hybridized carbons (Fsp3) is 0.381. The molecule has 1 fully saturated rings. The zero-order chi connectivity index (χ0) is 22.3. The van der Waals surface area contributed by atoms with E-state index in [9.17, 15) is 9.59 Å². The SMILES string of the molecule is CC(C)(C)OC=O.O=c1c(-c2cccnc2)c[nH]n1-c1cc(NCC2CNC2)ncn1. The summed E-state index contributed by atoms with van der Waals surface area (Å²) in [6.45, 7) is 8.82. The van der Waals surface area contributed by atoms with E-state index in [1.165, 1.54) is 11.0 Å². The number of aromatic nitrogens is 5. The Hall–Kier alpha value is -3.53. The van der Waals surface area contributed by atoms with Gasteiger partial charge in [0.05, 0.1) is 5.56 Å². The van der Waals surface area contributed by atoms with E-state index in [1.54, 1.807) is 30.7 Å². The van der Waals surface area contributed by atoms with Crippen molar-refractivity contribution in [2.75, 3.05) is 25.0 Å². The summed E-state index contributed by atoms with van der Waals surface area (Å²) in [6.07, 6.45) is 6.45. The number of carbonyl (C=O) groups is 1. The van der Waals surface area contributed by atoms with Gasteiger partial charge in [0.15, 0.2) is 5.82 Å². The standard InChI is InChI=1S/C16H17N7O.C5H10O2/c24-16-13(12-2-1-3-17-8-12)9-22-23(16)15-4-14(20-10-21-15)19-7-11-5-18-6-11;1-5(2,3)7-4-6/h1-4,8-11,18,22H,5-7H2,(H,19,20,21);4H,1-3H3. The number of H-pyrrole nitrogens is 1. The Morgan fingerprint density at radius 2 is 2.13 bits per heavy atom. The first-order valence-electron chi connectivity index (χ1n) is 9.96. The van der Waals surface area contributed by atoms with E-state index in [4.69, 9.17) is 0 Å². The van der Waals surface area contributed by atoms with Crippen molar-refractivity contribution in [2.45, 2.75) is 26.4 Å². The van der Waals surface area contributed by atoms with Gasteiger partial charge in [0.25, 0.3) is 12.0 Å². The number of hydrogen-bond acceptors (Lipinski definition) is 8. The highest BCUT2D eigenvalue weighted by atomic mass is 16.5. The predicted octanol–water partition coefficient (Wildman–Crippen LogP) is 1.61. The minimum absolute atomic E-state index is 0.171. The summed E-state index contributed by atoms with van der Waals surface area (Å²) < 4.78 is 5.95. The Morgan fingerprint density at radius 1 is 1.32 bits per heavy atom. The number of nitrogens with one attached hydrogen (secondary N) is 3. The minimum Gasteiger partial charge on any atom is -0.462 e. The van der Waals surface area contributed by atoms with Gasteiger partial charge in [-0.05, 0) is 26.8 Å². The Kier molecular flexibility index (Phi) is 7.14.